The predicted octanol–water partition coefficient (Wildman–Crippen LogP) is 2.02. The summed E-state index contributed by atoms with van der Waals surface area (Å²) in [6.07, 6.45) is 7.11. The fraction of sp³-hybridized carbons (Fsp3) is 1.00. The molecule has 3 unspecified atom stereocenters. The number of hydrogen-bond acceptors (Lipinski definition) is 2. The van der Waals surface area contributed by atoms with Gasteiger partial charge in [-0.15, -0.1) is 0 Å². The van der Waals surface area contributed by atoms with Crippen LogP contribution in [-0.2, 0) is 0 Å². The smallest absolute Gasteiger partial charge is 0.0700 e. The van der Waals surface area contributed by atoms with Crippen LogP contribution in [0.5, 0.6) is 0 Å². The molecule has 14 heavy (non-hydrogen) atoms. The Morgan fingerprint density at radius 2 is 2.07 bits per heavy atom. The minimum absolute atomic E-state index is 0.350. The Morgan fingerprint density at radius 3 is 2.79 bits per heavy atom. The third kappa shape index (κ3) is 1.59. The Hall–Kier alpha value is -0.0800. The average Bonchev–Trinajstić information content (AvgIpc) is 2.24. The van der Waals surface area contributed by atoms with Crippen molar-refractivity contribution in [3.05, 3.63) is 0 Å². The number of piperidine rings is 1. The topological polar surface area (TPSA) is 23.5 Å². The molecule has 1 saturated heterocycles. The molecule has 2 nitrogen and oxygen atoms in total. The minimum Gasteiger partial charge on any atom is -0.390 e. The lowest BCUT2D eigenvalue weighted by Gasteiger charge is -2.51. The molecule has 0 bridgehead atoms. The highest BCUT2D eigenvalue weighted by atomic mass is 16.3. The third-order valence-corrected chi connectivity index (χ3v) is 4.50. The molecule has 0 spiro atoms. The van der Waals surface area contributed by atoms with E-state index in [2.05, 4.69) is 18.9 Å². The van der Waals surface area contributed by atoms with E-state index in [1.165, 1.54) is 25.7 Å². The van der Waals surface area contributed by atoms with Crippen molar-refractivity contribution in [3.8, 4) is 0 Å². The van der Waals surface area contributed by atoms with E-state index in [1.807, 2.05) is 0 Å². The highest BCUT2D eigenvalue weighted by molar-refractivity contribution is 4.99. The van der Waals surface area contributed by atoms with Crippen LogP contribution in [0.1, 0.15) is 45.4 Å². The molecule has 2 fully saturated rings. The number of nitrogens with zero attached hydrogens (tertiary/aromatic N) is 1. The van der Waals surface area contributed by atoms with Gasteiger partial charge < -0.3 is 10.0 Å². The van der Waals surface area contributed by atoms with Crippen molar-refractivity contribution in [1.82, 2.24) is 4.90 Å². The van der Waals surface area contributed by atoms with E-state index in [0.717, 1.165) is 19.4 Å². The predicted molar refractivity (Wildman–Crippen MR) is 58.2 cm³/mol. The first kappa shape index (κ1) is 10.4. The van der Waals surface area contributed by atoms with Crippen molar-refractivity contribution < 1.29 is 5.11 Å². The molecule has 82 valence electrons. The van der Waals surface area contributed by atoms with Gasteiger partial charge in [0.2, 0.25) is 0 Å². The quantitative estimate of drug-likeness (QED) is 0.695. The van der Waals surface area contributed by atoms with Crippen molar-refractivity contribution in [2.24, 2.45) is 5.92 Å². The summed E-state index contributed by atoms with van der Waals surface area (Å²) in [6, 6.07) is 0.655. The summed E-state index contributed by atoms with van der Waals surface area (Å²) in [5, 5.41) is 10.6. The van der Waals surface area contributed by atoms with Gasteiger partial charge in [-0.25, -0.2) is 0 Å². The highest BCUT2D eigenvalue weighted by Gasteiger charge is 2.45. The van der Waals surface area contributed by atoms with Gasteiger partial charge in [-0.2, -0.15) is 0 Å². The molecule has 2 aliphatic rings. The van der Waals surface area contributed by atoms with E-state index in [1.54, 1.807) is 0 Å². The van der Waals surface area contributed by atoms with Crippen LogP contribution >= 0.6 is 0 Å². The Kier molecular flexibility index (Phi) is 2.85. The Labute approximate surface area is 87.3 Å². The molecular formula is C12H23NO. The molecule has 0 aromatic heterocycles. The lowest BCUT2D eigenvalue weighted by Crippen LogP contribution is -2.57. The van der Waals surface area contributed by atoms with Gasteiger partial charge >= 0.3 is 0 Å². The number of fused-ring (bicyclic) bond motifs is 1. The molecule has 1 heterocycles. The van der Waals surface area contributed by atoms with Crippen LogP contribution in [0.4, 0.5) is 0 Å². The second kappa shape index (κ2) is 3.82. The maximum absolute atomic E-state index is 10.6. The standard InChI is InChI=1S/C12H23NO/c1-3-12(14)8-9-13(2)11-7-5-4-6-10(11)12/h10-11,14H,3-9H2,1-2H3. The van der Waals surface area contributed by atoms with E-state index >= 15 is 0 Å². The maximum atomic E-state index is 10.6. The first-order valence-electron chi connectivity index (χ1n) is 6.10. The van der Waals surface area contributed by atoms with E-state index in [9.17, 15) is 5.11 Å². The summed E-state index contributed by atoms with van der Waals surface area (Å²) >= 11 is 0. The van der Waals surface area contributed by atoms with Crippen LogP contribution in [0.25, 0.3) is 0 Å². The first-order chi connectivity index (χ1) is 6.67. The molecule has 0 aromatic carbocycles. The lowest BCUT2D eigenvalue weighted by atomic mass is 9.68. The molecule has 3 atom stereocenters. The number of hydrogen-bond donors (Lipinski definition) is 1. The largest absolute Gasteiger partial charge is 0.390 e. The summed E-state index contributed by atoms with van der Waals surface area (Å²) in [7, 11) is 2.22. The van der Waals surface area contributed by atoms with E-state index in [-0.39, 0.29) is 5.60 Å². The van der Waals surface area contributed by atoms with Gasteiger partial charge in [0.1, 0.15) is 0 Å². The van der Waals surface area contributed by atoms with Crippen LogP contribution in [0.15, 0.2) is 0 Å². The lowest BCUT2D eigenvalue weighted by molar-refractivity contribution is -0.110. The SMILES string of the molecule is CCC1(O)CCN(C)C2CCCCC21. The number of rotatable bonds is 1. The summed E-state index contributed by atoms with van der Waals surface area (Å²) in [5.41, 5.74) is -0.350. The zero-order valence-electron chi connectivity index (χ0n) is 9.50. The van der Waals surface area contributed by atoms with Crippen molar-refractivity contribution in [2.45, 2.75) is 57.1 Å². The Morgan fingerprint density at radius 1 is 1.36 bits per heavy atom. The monoisotopic (exact) mass is 197 g/mol. The van der Waals surface area contributed by atoms with E-state index in [4.69, 9.17) is 0 Å². The second-order valence-electron chi connectivity index (χ2n) is 5.15. The molecule has 1 N–H and O–H groups in total. The van der Waals surface area contributed by atoms with Gasteiger partial charge in [0.05, 0.1) is 5.60 Å². The molecule has 0 radical (unpaired) electrons. The van der Waals surface area contributed by atoms with Crippen LogP contribution < -0.4 is 0 Å². The third-order valence-electron chi connectivity index (χ3n) is 4.50. The summed E-state index contributed by atoms with van der Waals surface area (Å²) in [5.74, 6) is 0.542. The molecule has 1 aliphatic heterocycles. The van der Waals surface area contributed by atoms with Gasteiger partial charge in [-0.3, -0.25) is 0 Å². The van der Waals surface area contributed by atoms with Gasteiger partial charge in [-0.05, 0) is 32.7 Å². The van der Waals surface area contributed by atoms with Crippen LogP contribution in [0.3, 0.4) is 0 Å². The number of aliphatic hydroxyl groups is 1. The van der Waals surface area contributed by atoms with E-state index < -0.39 is 0 Å². The Bertz CT molecular complexity index is 206. The van der Waals surface area contributed by atoms with Crippen molar-refractivity contribution in [2.75, 3.05) is 13.6 Å². The molecular weight excluding hydrogens is 174 g/mol. The van der Waals surface area contributed by atoms with Crippen LogP contribution in [0, 0.1) is 5.92 Å². The molecule has 2 rings (SSSR count). The summed E-state index contributed by atoms with van der Waals surface area (Å²) in [4.78, 5) is 2.47. The van der Waals surface area contributed by atoms with Gasteiger partial charge in [0, 0.05) is 18.5 Å². The fourth-order valence-electron chi connectivity index (χ4n) is 3.43. The first-order valence-corrected chi connectivity index (χ1v) is 6.10. The maximum Gasteiger partial charge on any atom is 0.0700 e. The number of likely N-dealkylation sites (tertiary alicyclic amines) is 1. The minimum atomic E-state index is -0.350. The Balaban J connectivity index is 2.16. The second-order valence-corrected chi connectivity index (χ2v) is 5.15. The summed E-state index contributed by atoms with van der Waals surface area (Å²) < 4.78 is 0. The fourth-order valence-corrected chi connectivity index (χ4v) is 3.43. The van der Waals surface area contributed by atoms with Gasteiger partial charge in [0.25, 0.3) is 0 Å². The van der Waals surface area contributed by atoms with Crippen molar-refractivity contribution in [3.63, 3.8) is 0 Å². The zero-order valence-corrected chi connectivity index (χ0v) is 9.50. The van der Waals surface area contributed by atoms with Crippen molar-refractivity contribution in [1.29, 1.82) is 0 Å². The summed E-state index contributed by atoms with van der Waals surface area (Å²) in [6.45, 7) is 3.21. The average molecular weight is 197 g/mol. The van der Waals surface area contributed by atoms with Gasteiger partial charge in [0.15, 0.2) is 0 Å². The van der Waals surface area contributed by atoms with Crippen LogP contribution in [-0.4, -0.2) is 35.2 Å². The molecule has 1 aliphatic carbocycles. The molecule has 0 aromatic rings. The highest BCUT2D eigenvalue weighted by Crippen LogP contribution is 2.42. The molecule has 1 saturated carbocycles. The zero-order chi connectivity index (χ0) is 10.2. The van der Waals surface area contributed by atoms with Crippen molar-refractivity contribution >= 4 is 0 Å². The normalized spacial score (nSPS) is 44.8. The molecule has 2 heteroatoms. The van der Waals surface area contributed by atoms with E-state index in [0.29, 0.717) is 12.0 Å². The van der Waals surface area contributed by atoms with Gasteiger partial charge in [-0.1, -0.05) is 19.8 Å². The molecule has 0 amide bonds. The van der Waals surface area contributed by atoms with Crippen LogP contribution in [0.2, 0.25) is 0 Å².